The van der Waals surface area contributed by atoms with Crippen LogP contribution in [0.4, 0.5) is 0 Å². The number of furan rings is 1. The minimum atomic E-state index is -0.0641. The third-order valence-corrected chi connectivity index (χ3v) is 8.30. The van der Waals surface area contributed by atoms with Gasteiger partial charge in [0.25, 0.3) is 0 Å². The van der Waals surface area contributed by atoms with Gasteiger partial charge in [-0.25, -0.2) is 0 Å². The van der Waals surface area contributed by atoms with Crippen LogP contribution in [0.1, 0.15) is 34.9 Å². The Bertz CT molecular complexity index is 1420. The Hall–Kier alpha value is -2.94. The molecule has 0 radical (unpaired) electrons. The highest BCUT2D eigenvalue weighted by molar-refractivity contribution is 9.10. The standard InChI is InChI=1S/C27H25BrN4O2S/c28-21-9-4-8-20(17-21)23(31-13-11-19(12-14-31)16-18-6-2-1-3-7-18)24-26(33)32-27(35-24)29-25(30-32)22-10-5-15-34-22/h1-10,15,17,19,23,33H,11-14,16H2/t23-/m0/s1. The summed E-state index contributed by atoms with van der Waals surface area (Å²) in [7, 11) is 0. The fraction of sp³-hybridized carbons (Fsp3) is 0.259. The molecule has 0 aliphatic carbocycles. The first kappa shape index (κ1) is 22.5. The van der Waals surface area contributed by atoms with Gasteiger partial charge in [-0.3, -0.25) is 4.90 Å². The van der Waals surface area contributed by atoms with Crippen LogP contribution in [-0.2, 0) is 6.42 Å². The largest absolute Gasteiger partial charge is 0.492 e. The summed E-state index contributed by atoms with van der Waals surface area (Å²) in [6, 6.07) is 22.7. The Morgan fingerprint density at radius 3 is 2.60 bits per heavy atom. The second-order valence-electron chi connectivity index (χ2n) is 9.02. The van der Waals surface area contributed by atoms with Gasteiger partial charge in [0.05, 0.1) is 17.2 Å². The molecule has 5 aromatic rings. The number of likely N-dealkylation sites (tertiary alicyclic amines) is 1. The number of hydrogen-bond acceptors (Lipinski definition) is 6. The lowest BCUT2D eigenvalue weighted by Crippen LogP contribution is -2.37. The molecule has 1 atom stereocenters. The van der Waals surface area contributed by atoms with Crippen LogP contribution in [-0.4, -0.2) is 37.7 Å². The van der Waals surface area contributed by atoms with Crippen molar-refractivity contribution in [1.29, 1.82) is 0 Å². The normalized spacial score (nSPS) is 16.1. The quantitative estimate of drug-likeness (QED) is 0.260. The Labute approximate surface area is 216 Å². The molecule has 0 unspecified atom stereocenters. The summed E-state index contributed by atoms with van der Waals surface area (Å²) in [6.45, 7) is 1.94. The molecule has 1 aliphatic heterocycles. The van der Waals surface area contributed by atoms with E-state index in [1.165, 1.54) is 21.4 Å². The van der Waals surface area contributed by atoms with Crippen molar-refractivity contribution < 1.29 is 9.52 Å². The van der Waals surface area contributed by atoms with Crippen molar-refractivity contribution in [2.75, 3.05) is 13.1 Å². The molecule has 0 amide bonds. The molecule has 0 spiro atoms. The van der Waals surface area contributed by atoms with Gasteiger partial charge < -0.3 is 9.52 Å². The maximum absolute atomic E-state index is 11.3. The van der Waals surface area contributed by atoms with Gasteiger partial charge in [0, 0.05) is 4.47 Å². The highest BCUT2D eigenvalue weighted by atomic mass is 79.9. The number of fused-ring (bicyclic) bond motifs is 1. The van der Waals surface area contributed by atoms with Crippen LogP contribution in [0.3, 0.4) is 0 Å². The molecule has 6 nitrogen and oxygen atoms in total. The van der Waals surface area contributed by atoms with E-state index < -0.39 is 0 Å². The van der Waals surface area contributed by atoms with E-state index in [4.69, 9.17) is 4.42 Å². The zero-order chi connectivity index (χ0) is 23.8. The molecule has 4 heterocycles. The average Bonchev–Trinajstić information content (AvgIpc) is 3.60. The molecule has 0 saturated carbocycles. The minimum Gasteiger partial charge on any atom is -0.492 e. The van der Waals surface area contributed by atoms with Crippen LogP contribution in [0.15, 0.2) is 81.9 Å². The van der Waals surface area contributed by atoms with Gasteiger partial charge in [-0.2, -0.15) is 9.50 Å². The molecular weight excluding hydrogens is 524 g/mol. The molecule has 178 valence electrons. The molecule has 1 saturated heterocycles. The summed E-state index contributed by atoms with van der Waals surface area (Å²) >= 11 is 5.12. The summed E-state index contributed by atoms with van der Waals surface area (Å²) in [5, 5.41) is 15.8. The van der Waals surface area contributed by atoms with E-state index in [-0.39, 0.29) is 11.9 Å². The maximum atomic E-state index is 11.3. The Kier molecular flexibility index (Phi) is 6.18. The number of aromatic hydroxyl groups is 1. The van der Waals surface area contributed by atoms with Crippen LogP contribution in [0.5, 0.6) is 5.88 Å². The fourth-order valence-electron chi connectivity index (χ4n) is 5.01. The van der Waals surface area contributed by atoms with E-state index in [1.54, 1.807) is 12.3 Å². The minimum absolute atomic E-state index is 0.0641. The fourth-order valence-corrected chi connectivity index (χ4v) is 6.54. The Morgan fingerprint density at radius 2 is 1.89 bits per heavy atom. The van der Waals surface area contributed by atoms with Crippen molar-refractivity contribution in [3.8, 4) is 17.5 Å². The van der Waals surface area contributed by atoms with Crippen LogP contribution >= 0.6 is 27.3 Å². The van der Waals surface area contributed by atoms with Crippen LogP contribution in [0.2, 0.25) is 0 Å². The van der Waals surface area contributed by atoms with E-state index in [9.17, 15) is 5.11 Å². The molecule has 1 N–H and O–H groups in total. The second-order valence-corrected chi connectivity index (χ2v) is 10.9. The molecule has 0 bridgehead atoms. The van der Waals surface area contributed by atoms with Crippen molar-refractivity contribution in [3.63, 3.8) is 0 Å². The monoisotopic (exact) mass is 548 g/mol. The van der Waals surface area contributed by atoms with Gasteiger partial charge in [-0.1, -0.05) is 69.7 Å². The van der Waals surface area contributed by atoms with Gasteiger partial charge in [0.1, 0.15) is 0 Å². The molecular formula is C27H25BrN4O2S. The topological polar surface area (TPSA) is 66.8 Å². The average molecular weight is 549 g/mol. The molecule has 2 aromatic carbocycles. The number of piperidine rings is 1. The lowest BCUT2D eigenvalue weighted by Gasteiger charge is -2.37. The lowest BCUT2D eigenvalue weighted by atomic mass is 9.89. The molecule has 1 aliphatic rings. The zero-order valence-electron chi connectivity index (χ0n) is 19.0. The predicted octanol–water partition coefficient (Wildman–Crippen LogP) is 6.56. The first-order valence-corrected chi connectivity index (χ1v) is 13.4. The molecule has 3 aromatic heterocycles. The van der Waals surface area contributed by atoms with Crippen LogP contribution in [0.25, 0.3) is 16.5 Å². The third-order valence-electron chi connectivity index (χ3n) is 6.74. The van der Waals surface area contributed by atoms with Crippen molar-refractivity contribution in [1.82, 2.24) is 19.5 Å². The summed E-state index contributed by atoms with van der Waals surface area (Å²) in [4.78, 5) is 8.63. The first-order valence-electron chi connectivity index (χ1n) is 11.8. The summed E-state index contributed by atoms with van der Waals surface area (Å²) in [5.41, 5.74) is 2.55. The van der Waals surface area contributed by atoms with Crippen molar-refractivity contribution in [2.24, 2.45) is 5.92 Å². The summed E-state index contributed by atoms with van der Waals surface area (Å²) in [5.74, 6) is 1.88. The highest BCUT2D eigenvalue weighted by Gasteiger charge is 2.32. The zero-order valence-corrected chi connectivity index (χ0v) is 21.5. The first-order chi connectivity index (χ1) is 17.2. The Balaban J connectivity index is 1.30. The number of aromatic nitrogens is 3. The van der Waals surface area contributed by atoms with Crippen molar-refractivity contribution in [3.05, 3.63) is 93.5 Å². The van der Waals surface area contributed by atoms with E-state index in [1.807, 2.05) is 12.1 Å². The summed E-state index contributed by atoms with van der Waals surface area (Å²) < 4.78 is 8.00. The molecule has 8 heteroatoms. The second kappa shape index (κ2) is 9.60. The van der Waals surface area contributed by atoms with Crippen molar-refractivity contribution >= 4 is 32.2 Å². The summed E-state index contributed by atoms with van der Waals surface area (Å²) in [6.07, 6.45) is 4.97. The highest BCUT2D eigenvalue weighted by Crippen LogP contribution is 2.42. The molecule has 35 heavy (non-hydrogen) atoms. The van der Waals surface area contributed by atoms with Crippen LogP contribution < -0.4 is 0 Å². The van der Waals surface area contributed by atoms with E-state index in [0.717, 1.165) is 47.3 Å². The van der Waals surface area contributed by atoms with Gasteiger partial charge in [-0.15, -0.1) is 5.10 Å². The molecule has 6 rings (SSSR count). The van der Waals surface area contributed by atoms with Crippen molar-refractivity contribution in [2.45, 2.75) is 25.3 Å². The van der Waals surface area contributed by atoms with Gasteiger partial charge in [0.2, 0.25) is 16.7 Å². The number of rotatable bonds is 6. The smallest absolute Gasteiger partial charge is 0.230 e. The van der Waals surface area contributed by atoms with E-state index in [2.05, 4.69) is 79.4 Å². The van der Waals surface area contributed by atoms with E-state index >= 15 is 0 Å². The van der Waals surface area contributed by atoms with Gasteiger partial charge >= 0.3 is 0 Å². The third kappa shape index (κ3) is 4.53. The lowest BCUT2D eigenvalue weighted by molar-refractivity contribution is 0.150. The predicted molar refractivity (Wildman–Crippen MR) is 141 cm³/mol. The number of thiazole rings is 1. The maximum Gasteiger partial charge on any atom is 0.230 e. The number of benzene rings is 2. The SMILES string of the molecule is Oc1c([C@H](c2cccc(Br)c2)N2CCC(Cc3ccccc3)CC2)sc2nc(-c3ccco3)nn12. The number of nitrogens with zero attached hydrogens (tertiary/aromatic N) is 4. The van der Waals surface area contributed by atoms with Gasteiger partial charge in [0.15, 0.2) is 5.76 Å². The molecule has 1 fully saturated rings. The Morgan fingerprint density at radius 1 is 1.06 bits per heavy atom. The van der Waals surface area contributed by atoms with Crippen LogP contribution in [0, 0.1) is 5.92 Å². The van der Waals surface area contributed by atoms with Gasteiger partial charge in [-0.05, 0) is 73.7 Å². The number of halogens is 1. The van der Waals surface area contributed by atoms with E-state index in [0.29, 0.717) is 22.5 Å². The number of hydrogen-bond donors (Lipinski definition) is 1.